The van der Waals surface area contributed by atoms with Crippen molar-refractivity contribution in [2.24, 2.45) is 0 Å². The van der Waals surface area contributed by atoms with Gasteiger partial charge in [0.15, 0.2) is 0 Å². The van der Waals surface area contributed by atoms with Crippen LogP contribution in [0.5, 0.6) is 11.5 Å². The van der Waals surface area contributed by atoms with Crippen LogP contribution in [-0.2, 0) is 5.75 Å². The first-order chi connectivity index (χ1) is 8.85. The van der Waals surface area contributed by atoms with Crippen molar-refractivity contribution in [3.8, 4) is 11.5 Å². The molecule has 0 unspecified atom stereocenters. The zero-order valence-corrected chi connectivity index (χ0v) is 11.2. The number of nitrogens with zero attached hydrogens (tertiary/aromatic N) is 1. The highest BCUT2D eigenvalue weighted by atomic mass is 32.2. The van der Waals surface area contributed by atoms with Crippen LogP contribution in [0.15, 0.2) is 47.6 Å². The highest BCUT2D eigenvalue weighted by Gasteiger charge is 2.10. The molecule has 0 saturated carbocycles. The Morgan fingerprint density at radius 2 is 1.61 bits per heavy atom. The first kappa shape index (κ1) is 12.8. The average Bonchev–Trinajstić information content (AvgIpc) is 2.45. The number of ether oxygens (including phenoxy) is 2. The van der Waals surface area contributed by atoms with Crippen molar-refractivity contribution in [3.63, 3.8) is 0 Å². The molecule has 0 N–H and O–H groups in total. The molecule has 0 amide bonds. The van der Waals surface area contributed by atoms with E-state index in [2.05, 4.69) is 4.98 Å². The zero-order valence-electron chi connectivity index (χ0n) is 10.4. The Labute approximate surface area is 111 Å². The lowest BCUT2D eigenvalue weighted by molar-refractivity contribution is 0.376. The lowest BCUT2D eigenvalue weighted by atomic mass is 10.3. The smallest absolute Gasteiger partial charge is 0.136 e. The average molecular weight is 261 g/mol. The second-order valence-corrected chi connectivity index (χ2v) is 4.62. The molecular formula is C14H15NO2S. The first-order valence-corrected chi connectivity index (χ1v) is 6.56. The van der Waals surface area contributed by atoms with E-state index in [4.69, 9.17) is 9.47 Å². The Morgan fingerprint density at radius 3 is 2.17 bits per heavy atom. The Hall–Kier alpha value is -1.68. The minimum atomic E-state index is 0.841. The fraction of sp³-hybridized carbons (Fsp3) is 0.214. The van der Waals surface area contributed by atoms with Gasteiger partial charge in [-0.3, -0.25) is 4.98 Å². The van der Waals surface area contributed by atoms with Crippen LogP contribution in [0.2, 0.25) is 0 Å². The maximum Gasteiger partial charge on any atom is 0.136 e. The molecule has 1 heterocycles. The molecule has 0 aliphatic rings. The van der Waals surface area contributed by atoms with E-state index in [1.807, 2.05) is 30.3 Å². The third-order valence-corrected chi connectivity index (χ3v) is 3.68. The summed E-state index contributed by atoms with van der Waals surface area (Å²) in [5, 5.41) is 0. The minimum absolute atomic E-state index is 0.841. The van der Waals surface area contributed by atoms with Crippen molar-refractivity contribution in [2.45, 2.75) is 10.6 Å². The molecule has 18 heavy (non-hydrogen) atoms. The highest BCUT2D eigenvalue weighted by Crippen LogP contribution is 2.38. The summed E-state index contributed by atoms with van der Waals surface area (Å²) < 4.78 is 10.7. The van der Waals surface area contributed by atoms with Gasteiger partial charge in [-0.05, 0) is 29.8 Å². The van der Waals surface area contributed by atoms with Gasteiger partial charge in [0.1, 0.15) is 11.5 Å². The molecule has 1 aromatic carbocycles. The van der Waals surface area contributed by atoms with Gasteiger partial charge in [0, 0.05) is 18.1 Å². The van der Waals surface area contributed by atoms with Crippen LogP contribution >= 0.6 is 11.8 Å². The van der Waals surface area contributed by atoms with Crippen LogP contribution in [0.25, 0.3) is 0 Å². The molecular weight excluding hydrogens is 246 g/mol. The second kappa shape index (κ2) is 6.31. The molecule has 0 fully saturated rings. The quantitative estimate of drug-likeness (QED) is 0.772. The predicted octanol–water partition coefficient (Wildman–Crippen LogP) is 3.39. The molecule has 0 atom stereocenters. The third kappa shape index (κ3) is 2.96. The Bertz CT molecular complexity index is 480. The zero-order chi connectivity index (χ0) is 12.8. The van der Waals surface area contributed by atoms with Gasteiger partial charge in [-0.1, -0.05) is 6.07 Å². The first-order valence-electron chi connectivity index (χ1n) is 5.58. The van der Waals surface area contributed by atoms with E-state index in [0.29, 0.717) is 0 Å². The predicted molar refractivity (Wildman–Crippen MR) is 73.3 cm³/mol. The molecule has 3 nitrogen and oxygen atoms in total. The molecule has 94 valence electrons. The normalized spacial score (nSPS) is 10.1. The topological polar surface area (TPSA) is 31.4 Å². The number of thioether (sulfide) groups is 1. The van der Waals surface area contributed by atoms with Gasteiger partial charge >= 0.3 is 0 Å². The molecule has 1 aromatic heterocycles. The summed E-state index contributed by atoms with van der Waals surface area (Å²) in [4.78, 5) is 5.04. The number of hydrogen-bond donors (Lipinski definition) is 0. The standard InChI is InChI=1S/C14H15NO2S/c1-16-12-4-3-5-13(17-2)14(12)18-10-11-6-8-15-9-7-11/h3-9H,10H2,1-2H3. The van der Waals surface area contributed by atoms with Crippen molar-refractivity contribution < 1.29 is 9.47 Å². The number of rotatable bonds is 5. The van der Waals surface area contributed by atoms with Gasteiger partial charge in [0.05, 0.1) is 19.1 Å². The highest BCUT2D eigenvalue weighted by molar-refractivity contribution is 7.98. The monoisotopic (exact) mass is 261 g/mol. The number of methoxy groups -OCH3 is 2. The SMILES string of the molecule is COc1cccc(OC)c1SCc1ccncc1. The van der Waals surface area contributed by atoms with Crippen LogP contribution < -0.4 is 9.47 Å². The minimum Gasteiger partial charge on any atom is -0.495 e. The van der Waals surface area contributed by atoms with E-state index in [1.165, 1.54) is 5.56 Å². The summed E-state index contributed by atoms with van der Waals surface area (Å²) in [6.45, 7) is 0. The van der Waals surface area contributed by atoms with E-state index in [1.54, 1.807) is 38.4 Å². The van der Waals surface area contributed by atoms with Crippen LogP contribution in [0.4, 0.5) is 0 Å². The van der Waals surface area contributed by atoms with Gasteiger partial charge in [0.2, 0.25) is 0 Å². The summed E-state index contributed by atoms with van der Waals surface area (Å²) >= 11 is 1.70. The van der Waals surface area contributed by atoms with Crippen LogP contribution in [0, 0.1) is 0 Å². The molecule has 0 radical (unpaired) electrons. The molecule has 2 aromatic rings. The van der Waals surface area contributed by atoms with Crippen LogP contribution in [-0.4, -0.2) is 19.2 Å². The largest absolute Gasteiger partial charge is 0.495 e. The van der Waals surface area contributed by atoms with Crippen molar-refractivity contribution in [3.05, 3.63) is 48.3 Å². The lowest BCUT2D eigenvalue weighted by Crippen LogP contribution is -1.92. The Morgan fingerprint density at radius 1 is 1.00 bits per heavy atom. The molecule has 4 heteroatoms. The molecule has 0 aliphatic carbocycles. The van der Waals surface area contributed by atoms with Gasteiger partial charge in [-0.15, -0.1) is 11.8 Å². The molecule has 0 saturated heterocycles. The van der Waals surface area contributed by atoms with Crippen LogP contribution in [0.1, 0.15) is 5.56 Å². The van der Waals surface area contributed by atoms with Crippen molar-refractivity contribution in [1.82, 2.24) is 4.98 Å². The summed E-state index contributed by atoms with van der Waals surface area (Å²) in [5.41, 5.74) is 1.22. The molecule has 0 bridgehead atoms. The molecule has 2 rings (SSSR count). The fourth-order valence-electron chi connectivity index (χ4n) is 1.59. The van der Waals surface area contributed by atoms with E-state index < -0.39 is 0 Å². The van der Waals surface area contributed by atoms with Gasteiger partial charge in [-0.2, -0.15) is 0 Å². The number of aromatic nitrogens is 1. The van der Waals surface area contributed by atoms with E-state index in [-0.39, 0.29) is 0 Å². The number of hydrogen-bond acceptors (Lipinski definition) is 4. The van der Waals surface area contributed by atoms with Gasteiger partial charge < -0.3 is 9.47 Å². The maximum atomic E-state index is 5.36. The molecule has 0 aliphatic heterocycles. The van der Waals surface area contributed by atoms with Crippen molar-refractivity contribution in [2.75, 3.05) is 14.2 Å². The van der Waals surface area contributed by atoms with Crippen LogP contribution in [0.3, 0.4) is 0 Å². The van der Waals surface area contributed by atoms with E-state index in [0.717, 1.165) is 22.1 Å². The van der Waals surface area contributed by atoms with E-state index in [9.17, 15) is 0 Å². The lowest BCUT2D eigenvalue weighted by Gasteiger charge is -2.12. The van der Waals surface area contributed by atoms with Gasteiger partial charge in [-0.25, -0.2) is 0 Å². The summed E-state index contributed by atoms with van der Waals surface area (Å²) in [6.07, 6.45) is 3.60. The van der Waals surface area contributed by atoms with Gasteiger partial charge in [0.25, 0.3) is 0 Å². The van der Waals surface area contributed by atoms with Crippen molar-refractivity contribution >= 4 is 11.8 Å². The fourth-order valence-corrected chi connectivity index (χ4v) is 2.68. The second-order valence-electron chi connectivity index (χ2n) is 3.64. The molecule has 0 spiro atoms. The maximum absolute atomic E-state index is 5.36. The number of benzene rings is 1. The Kier molecular flexibility index (Phi) is 4.47. The summed E-state index contributed by atoms with van der Waals surface area (Å²) in [6, 6.07) is 9.83. The summed E-state index contributed by atoms with van der Waals surface area (Å²) in [7, 11) is 3.34. The number of pyridine rings is 1. The third-order valence-electron chi connectivity index (χ3n) is 2.52. The van der Waals surface area contributed by atoms with Crippen molar-refractivity contribution in [1.29, 1.82) is 0 Å². The summed E-state index contributed by atoms with van der Waals surface area (Å²) in [5.74, 6) is 2.54. The van der Waals surface area contributed by atoms with E-state index >= 15 is 0 Å². The Balaban J connectivity index is 2.17.